The number of amides is 2. The summed E-state index contributed by atoms with van der Waals surface area (Å²) in [5.74, 6) is -1.36. The van der Waals surface area contributed by atoms with Crippen molar-refractivity contribution in [1.29, 1.82) is 0 Å². The second-order valence-corrected chi connectivity index (χ2v) is 6.75. The summed E-state index contributed by atoms with van der Waals surface area (Å²) in [6.45, 7) is -0.130. The SMILES string of the molecule is COCC(=O)Nc1ccc(NC(=O)c2cnn(-c3cccc(Cl)c3)c2C(F)(F)F)cc1. The number of ether oxygens (including phenoxy) is 1. The number of alkyl halides is 3. The molecule has 1 aromatic heterocycles. The lowest BCUT2D eigenvalue weighted by Gasteiger charge is -2.13. The molecule has 0 aliphatic rings. The number of rotatable bonds is 6. The summed E-state index contributed by atoms with van der Waals surface area (Å²) in [4.78, 5) is 24.1. The zero-order valence-corrected chi connectivity index (χ0v) is 16.8. The smallest absolute Gasteiger partial charge is 0.375 e. The van der Waals surface area contributed by atoms with Crippen molar-refractivity contribution in [3.63, 3.8) is 0 Å². The molecule has 2 aromatic carbocycles. The van der Waals surface area contributed by atoms with E-state index in [1.165, 1.54) is 55.6 Å². The van der Waals surface area contributed by atoms with Gasteiger partial charge in [0.15, 0.2) is 5.69 Å². The average Bonchev–Trinajstić information content (AvgIpc) is 3.16. The highest BCUT2D eigenvalue weighted by Crippen LogP contribution is 2.34. The van der Waals surface area contributed by atoms with Gasteiger partial charge < -0.3 is 15.4 Å². The third-order valence-electron chi connectivity index (χ3n) is 4.04. The minimum Gasteiger partial charge on any atom is -0.375 e. The first-order valence-corrected chi connectivity index (χ1v) is 9.18. The third kappa shape index (κ3) is 5.41. The predicted octanol–water partition coefficient (Wildman–Crippen LogP) is 4.38. The molecule has 0 fully saturated rings. The van der Waals surface area contributed by atoms with Crippen LogP contribution >= 0.6 is 11.6 Å². The number of methoxy groups -OCH3 is 1. The van der Waals surface area contributed by atoms with Gasteiger partial charge in [-0.2, -0.15) is 18.3 Å². The fraction of sp³-hybridized carbons (Fsp3) is 0.150. The van der Waals surface area contributed by atoms with Crippen LogP contribution < -0.4 is 10.6 Å². The molecule has 2 N–H and O–H groups in total. The Kier molecular flexibility index (Phi) is 6.62. The van der Waals surface area contributed by atoms with Gasteiger partial charge in [-0.3, -0.25) is 9.59 Å². The predicted molar refractivity (Wildman–Crippen MR) is 108 cm³/mol. The molecule has 0 unspecified atom stereocenters. The van der Waals surface area contributed by atoms with Crippen LogP contribution in [0.25, 0.3) is 5.69 Å². The van der Waals surface area contributed by atoms with E-state index in [4.69, 9.17) is 16.3 Å². The summed E-state index contributed by atoms with van der Waals surface area (Å²) in [5.41, 5.74) is -1.14. The number of halogens is 4. The molecule has 0 saturated heterocycles. The second-order valence-electron chi connectivity index (χ2n) is 6.31. The van der Waals surface area contributed by atoms with Gasteiger partial charge in [0.2, 0.25) is 5.91 Å². The molecule has 31 heavy (non-hydrogen) atoms. The first-order chi connectivity index (χ1) is 14.7. The van der Waals surface area contributed by atoms with E-state index in [-0.39, 0.29) is 28.9 Å². The maximum atomic E-state index is 13.7. The standard InChI is InChI=1S/C20H16ClF3N4O3/c1-31-11-17(29)26-13-5-7-14(8-6-13)27-19(30)16-10-25-28(18(16)20(22,23)24)15-4-2-3-12(21)9-15/h2-10H,11H2,1H3,(H,26,29)(H,27,30). The van der Waals surface area contributed by atoms with Gasteiger partial charge in [-0.15, -0.1) is 0 Å². The summed E-state index contributed by atoms with van der Waals surface area (Å²) < 4.78 is 46.5. The number of hydrogen-bond acceptors (Lipinski definition) is 4. The molecular weight excluding hydrogens is 437 g/mol. The highest BCUT2D eigenvalue weighted by Gasteiger charge is 2.40. The molecule has 0 radical (unpaired) electrons. The molecule has 3 rings (SSSR count). The molecule has 1 heterocycles. The summed E-state index contributed by atoms with van der Waals surface area (Å²) in [6.07, 6.45) is -4.00. The average molecular weight is 453 g/mol. The zero-order chi connectivity index (χ0) is 22.6. The van der Waals surface area contributed by atoms with E-state index in [2.05, 4.69) is 15.7 Å². The Morgan fingerprint density at radius 2 is 1.74 bits per heavy atom. The topological polar surface area (TPSA) is 85.2 Å². The van der Waals surface area contributed by atoms with Crippen molar-refractivity contribution in [2.24, 2.45) is 0 Å². The summed E-state index contributed by atoms with van der Waals surface area (Å²) in [6, 6.07) is 11.5. The van der Waals surface area contributed by atoms with Crippen LogP contribution in [0.1, 0.15) is 16.1 Å². The van der Waals surface area contributed by atoms with Crippen LogP contribution in [0.15, 0.2) is 54.7 Å². The van der Waals surface area contributed by atoms with Crippen molar-refractivity contribution < 1.29 is 27.5 Å². The van der Waals surface area contributed by atoms with Crippen LogP contribution in [0, 0.1) is 0 Å². The van der Waals surface area contributed by atoms with E-state index < -0.39 is 23.3 Å². The number of nitrogens with one attached hydrogen (secondary N) is 2. The zero-order valence-electron chi connectivity index (χ0n) is 16.0. The van der Waals surface area contributed by atoms with Gasteiger partial charge >= 0.3 is 6.18 Å². The van der Waals surface area contributed by atoms with E-state index in [0.717, 1.165) is 6.20 Å². The molecular formula is C20H16ClF3N4O3. The molecule has 0 spiro atoms. The Hall–Kier alpha value is -3.37. The van der Waals surface area contributed by atoms with Crippen molar-refractivity contribution in [2.75, 3.05) is 24.4 Å². The second kappa shape index (κ2) is 9.19. The molecule has 3 aromatic rings. The fourth-order valence-corrected chi connectivity index (χ4v) is 2.94. The maximum Gasteiger partial charge on any atom is 0.434 e. The van der Waals surface area contributed by atoms with Gasteiger partial charge in [-0.1, -0.05) is 17.7 Å². The van der Waals surface area contributed by atoms with Crippen molar-refractivity contribution >= 4 is 34.8 Å². The van der Waals surface area contributed by atoms with E-state index >= 15 is 0 Å². The maximum absolute atomic E-state index is 13.7. The van der Waals surface area contributed by atoms with Crippen LogP contribution in [0.4, 0.5) is 24.5 Å². The summed E-state index contributed by atoms with van der Waals surface area (Å²) in [7, 11) is 1.38. The lowest BCUT2D eigenvalue weighted by atomic mass is 10.2. The Bertz CT molecular complexity index is 1100. The van der Waals surface area contributed by atoms with Crippen molar-refractivity contribution in [3.05, 3.63) is 71.0 Å². The van der Waals surface area contributed by atoms with Gasteiger partial charge in [-0.05, 0) is 42.5 Å². The summed E-state index contributed by atoms with van der Waals surface area (Å²) in [5, 5.41) is 8.92. The highest BCUT2D eigenvalue weighted by molar-refractivity contribution is 6.30. The Morgan fingerprint density at radius 3 is 2.32 bits per heavy atom. The lowest BCUT2D eigenvalue weighted by molar-refractivity contribution is -0.143. The first kappa shape index (κ1) is 22.3. The van der Waals surface area contributed by atoms with Crippen LogP contribution in [0.2, 0.25) is 5.02 Å². The van der Waals surface area contributed by atoms with Crippen LogP contribution in [0.5, 0.6) is 0 Å². The van der Waals surface area contributed by atoms with Gasteiger partial charge in [0.1, 0.15) is 6.61 Å². The number of aromatic nitrogens is 2. The van der Waals surface area contributed by atoms with Gasteiger partial charge in [-0.25, -0.2) is 4.68 Å². The quantitative estimate of drug-likeness (QED) is 0.581. The normalized spacial score (nSPS) is 11.3. The largest absolute Gasteiger partial charge is 0.434 e. The van der Waals surface area contributed by atoms with E-state index in [9.17, 15) is 22.8 Å². The van der Waals surface area contributed by atoms with Crippen LogP contribution in [-0.2, 0) is 15.7 Å². The Labute approximate surface area is 179 Å². The summed E-state index contributed by atoms with van der Waals surface area (Å²) >= 11 is 5.86. The van der Waals surface area contributed by atoms with E-state index in [1.807, 2.05) is 0 Å². The number of carbonyl (C=O) groups is 2. The van der Waals surface area contributed by atoms with Crippen molar-refractivity contribution in [3.8, 4) is 5.69 Å². The van der Waals surface area contributed by atoms with Gasteiger partial charge in [0, 0.05) is 23.5 Å². The monoisotopic (exact) mass is 452 g/mol. The number of carbonyl (C=O) groups excluding carboxylic acids is 2. The molecule has 11 heteroatoms. The highest BCUT2D eigenvalue weighted by atomic mass is 35.5. The van der Waals surface area contributed by atoms with E-state index in [0.29, 0.717) is 10.4 Å². The number of hydrogen-bond donors (Lipinski definition) is 2. The lowest BCUT2D eigenvalue weighted by Crippen LogP contribution is -2.20. The molecule has 0 atom stereocenters. The molecule has 0 aliphatic heterocycles. The number of benzene rings is 2. The Balaban J connectivity index is 1.84. The van der Waals surface area contributed by atoms with Crippen molar-refractivity contribution in [1.82, 2.24) is 9.78 Å². The number of nitrogens with zero attached hydrogens (tertiary/aromatic N) is 2. The fourth-order valence-electron chi connectivity index (χ4n) is 2.75. The van der Waals surface area contributed by atoms with Crippen LogP contribution in [-0.4, -0.2) is 35.3 Å². The van der Waals surface area contributed by atoms with Gasteiger partial charge in [0.25, 0.3) is 5.91 Å². The molecule has 0 bridgehead atoms. The molecule has 2 amide bonds. The minimum atomic E-state index is -4.85. The van der Waals surface area contributed by atoms with Crippen LogP contribution in [0.3, 0.4) is 0 Å². The molecule has 0 aliphatic carbocycles. The molecule has 7 nitrogen and oxygen atoms in total. The minimum absolute atomic E-state index is 0.0648. The van der Waals surface area contributed by atoms with E-state index in [1.54, 1.807) is 0 Å². The molecule has 162 valence electrons. The number of anilines is 2. The van der Waals surface area contributed by atoms with Crippen molar-refractivity contribution in [2.45, 2.75) is 6.18 Å². The first-order valence-electron chi connectivity index (χ1n) is 8.80. The molecule has 0 saturated carbocycles. The van der Waals surface area contributed by atoms with Gasteiger partial charge in [0.05, 0.1) is 17.4 Å². The Morgan fingerprint density at radius 1 is 1.10 bits per heavy atom. The third-order valence-corrected chi connectivity index (χ3v) is 4.27.